The first-order chi connectivity index (χ1) is 9.95. The fourth-order valence-electron chi connectivity index (χ4n) is 1.56. The van der Waals surface area contributed by atoms with Crippen LogP contribution >= 0.6 is 27.5 Å². The highest BCUT2D eigenvalue weighted by Crippen LogP contribution is 2.22. The molecule has 1 heterocycles. The Labute approximate surface area is 135 Å². The van der Waals surface area contributed by atoms with Gasteiger partial charge in [-0.25, -0.2) is 4.98 Å². The van der Waals surface area contributed by atoms with Crippen LogP contribution in [0, 0.1) is 0 Å². The number of benzene rings is 1. The number of nitrogens with zero attached hydrogens (tertiary/aromatic N) is 1. The van der Waals surface area contributed by atoms with Crippen LogP contribution < -0.4 is 15.8 Å². The number of aromatic nitrogens is 1. The first-order valence-electron chi connectivity index (χ1n) is 6.10. The molecule has 0 fully saturated rings. The van der Waals surface area contributed by atoms with Gasteiger partial charge in [0.05, 0.1) is 16.4 Å². The van der Waals surface area contributed by atoms with E-state index in [2.05, 4.69) is 26.2 Å². The van der Waals surface area contributed by atoms with Gasteiger partial charge in [-0.3, -0.25) is 4.79 Å². The molecule has 1 aromatic heterocycles. The molecule has 21 heavy (non-hydrogen) atoms. The van der Waals surface area contributed by atoms with Crippen molar-refractivity contribution in [2.75, 3.05) is 11.1 Å². The quantitative estimate of drug-likeness (QED) is 0.863. The average molecular weight is 371 g/mol. The number of nitrogens with two attached hydrogens (primary N) is 1. The molecule has 1 atom stereocenters. The highest BCUT2D eigenvalue weighted by Gasteiger charge is 2.16. The summed E-state index contributed by atoms with van der Waals surface area (Å²) in [6, 6.07) is 8.51. The van der Waals surface area contributed by atoms with Crippen molar-refractivity contribution in [3.8, 4) is 5.75 Å². The van der Waals surface area contributed by atoms with Gasteiger partial charge in [-0.15, -0.1) is 0 Å². The molecule has 5 nitrogen and oxygen atoms in total. The normalized spacial score (nSPS) is 11.8. The molecule has 7 heteroatoms. The third-order valence-electron chi connectivity index (χ3n) is 2.58. The summed E-state index contributed by atoms with van der Waals surface area (Å²) >= 11 is 9.15. The molecule has 2 aromatic rings. The molecule has 110 valence electrons. The van der Waals surface area contributed by atoms with Crippen LogP contribution in [0.25, 0.3) is 0 Å². The van der Waals surface area contributed by atoms with Crippen molar-refractivity contribution in [2.45, 2.75) is 13.0 Å². The maximum atomic E-state index is 12.1. The second kappa shape index (κ2) is 6.78. The van der Waals surface area contributed by atoms with Crippen LogP contribution in [0.4, 0.5) is 11.5 Å². The maximum absolute atomic E-state index is 12.1. The van der Waals surface area contributed by atoms with Crippen molar-refractivity contribution in [2.24, 2.45) is 0 Å². The molecule has 0 bridgehead atoms. The van der Waals surface area contributed by atoms with Gasteiger partial charge in [0.1, 0.15) is 11.6 Å². The molecular formula is C14H13BrClN3O2. The number of nitrogens with one attached hydrogen (secondary N) is 1. The number of hydrogen-bond acceptors (Lipinski definition) is 4. The van der Waals surface area contributed by atoms with Crippen LogP contribution in [0.15, 0.2) is 41.0 Å². The number of pyridine rings is 1. The molecule has 1 aromatic carbocycles. The first-order valence-corrected chi connectivity index (χ1v) is 7.27. The van der Waals surface area contributed by atoms with Gasteiger partial charge in [-0.1, -0.05) is 17.7 Å². The number of ether oxygens (including phenoxy) is 1. The summed E-state index contributed by atoms with van der Waals surface area (Å²) in [6.45, 7) is 1.64. The topological polar surface area (TPSA) is 77.2 Å². The van der Waals surface area contributed by atoms with Crippen LogP contribution in [0.5, 0.6) is 5.75 Å². The number of hydrogen-bond donors (Lipinski definition) is 2. The van der Waals surface area contributed by atoms with Gasteiger partial charge in [0.25, 0.3) is 5.91 Å². The van der Waals surface area contributed by atoms with Crippen molar-refractivity contribution in [1.29, 1.82) is 0 Å². The van der Waals surface area contributed by atoms with Gasteiger partial charge in [-0.2, -0.15) is 0 Å². The number of amides is 1. The van der Waals surface area contributed by atoms with Crippen molar-refractivity contribution >= 4 is 44.9 Å². The van der Waals surface area contributed by atoms with Gasteiger partial charge < -0.3 is 15.8 Å². The summed E-state index contributed by atoms with van der Waals surface area (Å²) in [4.78, 5) is 16.1. The second-order valence-electron chi connectivity index (χ2n) is 4.31. The summed E-state index contributed by atoms with van der Waals surface area (Å²) in [5.41, 5.74) is 6.09. The molecule has 2 rings (SSSR count). The molecule has 1 unspecified atom stereocenters. The van der Waals surface area contributed by atoms with Crippen molar-refractivity contribution in [3.63, 3.8) is 0 Å². The molecule has 0 saturated carbocycles. The average Bonchev–Trinajstić information content (AvgIpc) is 2.41. The molecule has 0 aliphatic carbocycles. The smallest absolute Gasteiger partial charge is 0.266 e. The summed E-state index contributed by atoms with van der Waals surface area (Å²) < 4.78 is 6.13. The van der Waals surface area contributed by atoms with Crippen LogP contribution in [0.2, 0.25) is 5.02 Å². The molecular weight excluding hydrogens is 358 g/mol. The zero-order chi connectivity index (χ0) is 15.4. The summed E-state index contributed by atoms with van der Waals surface area (Å²) in [7, 11) is 0. The lowest BCUT2D eigenvalue weighted by Gasteiger charge is -2.15. The Bertz CT molecular complexity index is 666. The Morgan fingerprint density at radius 2 is 2.24 bits per heavy atom. The molecule has 0 aliphatic heterocycles. The lowest BCUT2D eigenvalue weighted by Crippen LogP contribution is -2.30. The number of carbonyl (C=O) groups is 1. The van der Waals surface area contributed by atoms with Gasteiger partial charge in [0.15, 0.2) is 6.10 Å². The van der Waals surface area contributed by atoms with E-state index in [0.717, 1.165) is 0 Å². The van der Waals surface area contributed by atoms with Gasteiger partial charge >= 0.3 is 0 Å². The van der Waals surface area contributed by atoms with Gasteiger partial charge in [0, 0.05) is 5.02 Å². The molecule has 0 aliphatic rings. The highest BCUT2D eigenvalue weighted by atomic mass is 79.9. The van der Waals surface area contributed by atoms with E-state index in [-0.39, 0.29) is 5.91 Å². The first kappa shape index (κ1) is 15.6. The van der Waals surface area contributed by atoms with Crippen molar-refractivity contribution in [1.82, 2.24) is 4.98 Å². The van der Waals surface area contributed by atoms with E-state index in [4.69, 9.17) is 22.1 Å². The van der Waals surface area contributed by atoms with Gasteiger partial charge in [-0.05, 0) is 47.1 Å². The Morgan fingerprint density at radius 3 is 2.90 bits per heavy atom. The third-order valence-corrected chi connectivity index (χ3v) is 3.42. The monoisotopic (exact) mass is 369 g/mol. The predicted octanol–water partition coefficient (Wildman–Crippen LogP) is 3.49. The van der Waals surface area contributed by atoms with Crippen LogP contribution in [0.3, 0.4) is 0 Å². The molecule has 0 saturated heterocycles. The lowest BCUT2D eigenvalue weighted by atomic mass is 10.3. The number of anilines is 2. The minimum Gasteiger partial charge on any atom is -0.481 e. The van der Waals surface area contributed by atoms with Crippen molar-refractivity contribution < 1.29 is 9.53 Å². The van der Waals surface area contributed by atoms with E-state index in [1.807, 2.05) is 0 Å². The lowest BCUT2D eigenvalue weighted by molar-refractivity contribution is -0.122. The van der Waals surface area contributed by atoms with E-state index in [1.54, 1.807) is 37.3 Å². The number of carbonyl (C=O) groups excluding carboxylic acids is 1. The summed E-state index contributed by atoms with van der Waals surface area (Å²) in [6.07, 6.45) is 0.762. The van der Waals surface area contributed by atoms with E-state index in [1.165, 1.54) is 6.20 Å². The molecule has 1 amide bonds. The predicted molar refractivity (Wildman–Crippen MR) is 86.5 cm³/mol. The summed E-state index contributed by atoms with van der Waals surface area (Å²) in [5.74, 6) is 0.582. The Morgan fingerprint density at radius 1 is 1.48 bits per heavy atom. The van der Waals surface area contributed by atoms with Crippen molar-refractivity contribution in [3.05, 3.63) is 46.0 Å². The molecule has 0 spiro atoms. The Kier molecular flexibility index (Phi) is 5.03. The number of nitrogen functional groups attached to an aromatic ring is 1. The minimum atomic E-state index is -0.699. The third kappa shape index (κ3) is 4.34. The number of halogens is 2. The highest BCUT2D eigenvalue weighted by molar-refractivity contribution is 9.10. The largest absolute Gasteiger partial charge is 0.481 e. The fraction of sp³-hybridized carbons (Fsp3) is 0.143. The minimum absolute atomic E-state index is 0.326. The second-order valence-corrected chi connectivity index (χ2v) is 5.60. The van der Waals surface area contributed by atoms with Crippen LogP contribution in [-0.2, 0) is 4.79 Å². The summed E-state index contributed by atoms with van der Waals surface area (Å²) in [5, 5.41) is 3.21. The zero-order valence-electron chi connectivity index (χ0n) is 11.1. The maximum Gasteiger partial charge on any atom is 0.266 e. The Hall–Kier alpha value is -1.79. The SMILES string of the molecule is CC(Oc1cccc(Cl)c1)C(=O)Nc1ncc(N)cc1Br. The van der Waals surface area contributed by atoms with Crippen LogP contribution in [0.1, 0.15) is 6.92 Å². The standard InChI is InChI=1S/C14H13BrClN3O2/c1-8(21-11-4-2-3-9(16)5-11)14(20)19-13-12(15)6-10(17)7-18-13/h2-8H,17H2,1H3,(H,18,19,20). The molecule has 3 N–H and O–H groups in total. The van der Waals surface area contributed by atoms with E-state index < -0.39 is 6.10 Å². The molecule has 0 radical (unpaired) electrons. The zero-order valence-corrected chi connectivity index (χ0v) is 13.5. The van der Waals surface area contributed by atoms with E-state index in [9.17, 15) is 4.79 Å². The number of rotatable bonds is 4. The van der Waals surface area contributed by atoms with Gasteiger partial charge in [0.2, 0.25) is 0 Å². The van der Waals surface area contributed by atoms with Crippen LogP contribution in [-0.4, -0.2) is 17.0 Å². The Balaban J connectivity index is 2.02. The van der Waals surface area contributed by atoms with E-state index >= 15 is 0 Å². The van der Waals surface area contributed by atoms with E-state index in [0.29, 0.717) is 26.8 Å². The fourth-order valence-corrected chi connectivity index (χ4v) is 2.21.